The lowest BCUT2D eigenvalue weighted by Crippen LogP contribution is -2.51. The molecule has 0 bridgehead atoms. The lowest BCUT2D eigenvalue weighted by Gasteiger charge is -2.35. The van der Waals surface area contributed by atoms with Crippen molar-refractivity contribution < 1.29 is 23.9 Å². The van der Waals surface area contributed by atoms with E-state index < -0.39 is 5.60 Å². The zero-order valence-electron chi connectivity index (χ0n) is 19.0. The van der Waals surface area contributed by atoms with Crippen molar-refractivity contribution in [1.29, 1.82) is 0 Å². The highest BCUT2D eigenvalue weighted by Gasteiger charge is 2.43. The van der Waals surface area contributed by atoms with Gasteiger partial charge in [0, 0.05) is 32.5 Å². The van der Waals surface area contributed by atoms with Crippen LogP contribution in [-0.4, -0.2) is 73.0 Å². The van der Waals surface area contributed by atoms with E-state index >= 15 is 0 Å². The molecular formula is C24H33N3O5. The summed E-state index contributed by atoms with van der Waals surface area (Å²) in [4.78, 5) is 42.0. The minimum absolute atomic E-state index is 0.0269. The highest BCUT2D eigenvalue weighted by Crippen LogP contribution is 2.37. The number of amides is 3. The molecule has 1 atom stereocenters. The van der Waals surface area contributed by atoms with Gasteiger partial charge < -0.3 is 24.6 Å². The molecule has 1 aromatic carbocycles. The molecule has 0 aromatic heterocycles. The minimum Gasteiger partial charge on any atom is -0.497 e. The summed E-state index contributed by atoms with van der Waals surface area (Å²) < 4.78 is 11.8. The Labute approximate surface area is 189 Å². The maximum atomic E-state index is 13.5. The van der Waals surface area contributed by atoms with Crippen LogP contribution in [0.15, 0.2) is 18.2 Å². The average molecular weight is 444 g/mol. The van der Waals surface area contributed by atoms with Gasteiger partial charge >= 0.3 is 0 Å². The lowest BCUT2D eigenvalue weighted by atomic mass is 9.93. The van der Waals surface area contributed by atoms with Crippen molar-refractivity contribution in [1.82, 2.24) is 15.1 Å². The topological polar surface area (TPSA) is 88.2 Å². The number of likely N-dealkylation sites (tertiary alicyclic amines) is 1. The molecule has 2 aliphatic heterocycles. The number of fused-ring (bicyclic) bond motifs is 1. The summed E-state index contributed by atoms with van der Waals surface area (Å²) in [6.45, 7) is 0.781. The zero-order chi connectivity index (χ0) is 22.7. The second kappa shape index (κ2) is 9.38. The first kappa shape index (κ1) is 22.4. The minimum atomic E-state index is -0.721. The predicted molar refractivity (Wildman–Crippen MR) is 119 cm³/mol. The van der Waals surface area contributed by atoms with Gasteiger partial charge in [0.2, 0.25) is 11.8 Å². The third kappa shape index (κ3) is 4.84. The number of carbonyl (C=O) groups is 3. The SMILES string of the molecule is COc1ccc2c(c1)C(=O)N(CC(=O)NC1CCCCC1)CC1(CCC(=O)N(C)CC1)O2. The Hall–Kier alpha value is -2.77. The maximum absolute atomic E-state index is 13.5. The van der Waals surface area contributed by atoms with E-state index in [0.717, 1.165) is 25.7 Å². The van der Waals surface area contributed by atoms with E-state index in [1.807, 2.05) is 0 Å². The van der Waals surface area contributed by atoms with Crippen molar-refractivity contribution in [3.05, 3.63) is 23.8 Å². The number of carbonyl (C=O) groups excluding carboxylic acids is 3. The van der Waals surface area contributed by atoms with E-state index in [-0.39, 0.29) is 36.9 Å². The fourth-order valence-corrected chi connectivity index (χ4v) is 4.98. The molecule has 1 aromatic rings. The van der Waals surface area contributed by atoms with Gasteiger partial charge in [0.25, 0.3) is 5.91 Å². The molecule has 2 heterocycles. The summed E-state index contributed by atoms with van der Waals surface area (Å²) in [6, 6.07) is 5.35. The van der Waals surface area contributed by atoms with Gasteiger partial charge in [0.15, 0.2) is 0 Å². The summed E-state index contributed by atoms with van der Waals surface area (Å²) >= 11 is 0. The second-order valence-corrected chi connectivity index (χ2v) is 9.28. The lowest BCUT2D eigenvalue weighted by molar-refractivity contribution is -0.129. The molecule has 1 N–H and O–H groups in total. The molecule has 1 saturated heterocycles. The van der Waals surface area contributed by atoms with Gasteiger partial charge in [0.05, 0.1) is 19.2 Å². The van der Waals surface area contributed by atoms with Crippen LogP contribution in [0.1, 0.15) is 61.7 Å². The summed E-state index contributed by atoms with van der Waals surface area (Å²) in [5.74, 6) is 0.701. The highest BCUT2D eigenvalue weighted by atomic mass is 16.5. The molecule has 1 spiro atoms. The van der Waals surface area contributed by atoms with Crippen molar-refractivity contribution in [2.75, 3.05) is 33.8 Å². The molecule has 8 nitrogen and oxygen atoms in total. The number of nitrogens with zero attached hydrogens (tertiary/aromatic N) is 2. The molecule has 0 radical (unpaired) electrons. The predicted octanol–water partition coefficient (Wildman–Crippen LogP) is 2.36. The van der Waals surface area contributed by atoms with Gasteiger partial charge in [-0.05, 0) is 37.5 Å². The van der Waals surface area contributed by atoms with Crippen LogP contribution < -0.4 is 14.8 Å². The molecule has 1 saturated carbocycles. The number of rotatable bonds is 4. The van der Waals surface area contributed by atoms with Crippen molar-refractivity contribution in [2.24, 2.45) is 0 Å². The van der Waals surface area contributed by atoms with Gasteiger partial charge in [-0.2, -0.15) is 0 Å². The van der Waals surface area contributed by atoms with Crippen LogP contribution in [-0.2, 0) is 9.59 Å². The van der Waals surface area contributed by atoms with Gasteiger partial charge in [-0.15, -0.1) is 0 Å². The van der Waals surface area contributed by atoms with E-state index in [1.54, 1.807) is 42.2 Å². The van der Waals surface area contributed by atoms with E-state index in [0.29, 0.717) is 42.9 Å². The van der Waals surface area contributed by atoms with E-state index in [9.17, 15) is 14.4 Å². The number of methoxy groups -OCH3 is 1. The molecule has 32 heavy (non-hydrogen) atoms. The Morgan fingerprint density at radius 1 is 1.22 bits per heavy atom. The maximum Gasteiger partial charge on any atom is 0.258 e. The van der Waals surface area contributed by atoms with Crippen LogP contribution in [0.25, 0.3) is 0 Å². The normalized spacial score (nSPS) is 24.4. The van der Waals surface area contributed by atoms with Crippen LogP contribution in [0.3, 0.4) is 0 Å². The second-order valence-electron chi connectivity index (χ2n) is 9.28. The van der Waals surface area contributed by atoms with Crippen LogP contribution in [0.5, 0.6) is 11.5 Å². The largest absolute Gasteiger partial charge is 0.497 e. The van der Waals surface area contributed by atoms with Crippen molar-refractivity contribution in [3.63, 3.8) is 0 Å². The van der Waals surface area contributed by atoms with Crippen LogP contribution in [0.2, 0.25) is 0 Å². The van der Waals surface area contributed by atoms with Crippen LogP contribution in [0, 0.1) is 0 Å². The van der Waals surface area contributed by atoms with Crippen molar-refractivity contribution in [2.45, 2.75) is 63.0 Å². The molecule has 8 heteroatoms. The number of nitrogens with one attached hydrogen (secondary N) is 1. The first-order valence-corrected chi connectivity index (χ1v) is 11.6. The molecule has 3 aliphatic rings. The first-order chi connectivity index (χ1) is 15.4. The highest BCUT2D eigenvalue weighted by molar-refractivity contribution is 5.99. The fraction of sp³-hybridized carbons (Fsp3) is 0.625. The molecule has 1 aliphatic carbocycles. The number of ether oxygens (including phenoxy) is 2. The van der Waals surface area contributed by atoms with Gasteiger partial charge in [-0.1, -0.05) is 19.3 Å². The number of benzene rings is 1. The Bertz CT molecular complexity index is 882. The molecule has 3 amide bonds. The first-order valence-electron chi connectivity index (χ1n) is 11.6. The third-order valence-electron chi connectivity index (χ3n) is 6.94. The van der Waals surface area contributed by atoms with Gasteiger partial charge in [0.1, 0.15) is 23.6 Å². The standard InChI is InChI=1S/C24H33N3O5/c1-26-13-12-24(11-10-22(26)29)16-27(15-21(28)25-17-6-4-3-5-7-17)23(30)19-14-18(31-2)8-9-20(19)32-24/h8-9,14,17H,3-7,10-13,15-16H2,1-2H3,(H,25,28). The van der Waals surface area contributed by atoms with Crippen molar-refractivity contribution >= 4 is 17.7 Å². The van der Waals surface area contributed by atoms with E-state index in [2.05, 4.69) is 5.32 Å². The van der Waals surface area contributed by atoms with Gasteiger partial charge in [-0.3, -0.25) is 14.4 Å². The Morgan fingerprint density at radius 3 is 2.75 bits per heavy atom. The van der Waals surface area contributed by atoms with E-state index in [1.165, 1.54) is 6.42 Å². The number of hydrogen-bond donors (Lipinski definition) is 1. The Balaban J connectivity index is 1.60. The molecule has 4 rings (SSSR count). The monoisotopic (exact) mass is 443 g/mol. The quantitative estimate of drug-likeness (QED) is 0.772. The van der Waals surface area contributed by atoms with Crippen LogP contribution >= 0.6 is 0 Å². The molecular weight excluding hydrogens is 410 g/mol. The third-order valence-corrected chi connectivity index (χ3v) is 6.94. The summed E-state index contributed by atoms with van der Waals surface area (Å²) in [5, 5.41) is 3.11. The van der Waals surface area contributed by atoms with Gasteiger partial charge in [-0.25, -0.2) is 0 Å². The molecule has 174 valence electrons. The van der Waals surface area contributed by atoms with E-state index in [4.69, 9.17) is 9.47 Å². The summed E-state index contributed by atoms with van der Waals surface area (Å²) in [6.07, 6.45) is 6.87. The Kier molecular flexibility index (Phi) is 6.58. The Morgan fingerprint density at radius 2 is 2.00 bits per heavy atom. The van der Waals surface area contributed by atoms with Crippen LogP contribution in [0.4, 0.5) is 0 Å². The fourth-order valence-electron chi connectivity index (χ4n) is 4.98. The molecule has 2 fully saturated rings. The number of hydrogen-bond acceptors (Lipinski definition) is 5. The van der Waals surface area contributed by atoms with Crippen molar-refractivity contribution in [3.8, 4) is 11.5 Å². The summed E-state index contributed by atoms with van der Waals surface area (Å²) in [7, 11) is 3.34. The smallest absolute Gasteiger partial charge is 0.258 e. The molecule has 1 unspecified atom stereocenters. The summed E-state index contributed by atoms with van der Waals surface area (Å²) in [5.41, 5.74) is -0.336. The zero-order valence-corrected chi connectivity index (χ0v) is 19.0. The average Bonchev–Trinajstić information content (AvgIpc) is 3.00.